The summed E-state index contributed by atoms with van der Waals surface area (Å²) in [5.74, 6) is 0.300. The van der Waals surface area contributed by atoms with Crippen LogP contribution in [0.25, 0.3) is 0 Å². The third-order valence-electron chi connectivity index (χ3n) is 3.53. The molecule has 1 aliphatic heterocycles. The highest BCUT2D eigenvalue weighted by molar-refractivity contribution is 7.89. The summed E-state index contributed by atoms with van der Waals surface area (Å²) in [6.45, 7) is 3.71. The van der Waals surface area contributed by atoms with Gasteiger partial charge in [-0.05, 0) is 43.0 Å². The minimum absolute atomic E-state index is 0.300. The summed E-state index contributed by atoms with van der Waals surface area (Å²) in [5, 5.41) is 0. The molecule has 0 bridgehead atoms. The first kappa shape index (κ1) is 13.5. The molecule has 1 aromatic rings. The molecule has 1 fully saturated rings. The highest BCUT2D eigenvalue weighted by atomic mass is 32.2. The highest BCUT2D eigenvalue weighted by Gasteiger charge is 2.31. The average molecular weight is 268 g/mol. The maximum Gasteiger partial charge on any atom is 0.243 e. The van der Waals surface area contributed by atoms with Gasteiger partial charge < -0.3 is 5.73 Å². The van der Waals surface area contributed by atoms with Gasteiger partial charge in [0.25, 0.3) is 0 Å². The number of hydrogen-bond acceptors (Lipinski definition) is 3. The average Bonchev–Trinajstić information content (AvgIpc) is 2.88. The van der Waals surface area contributed by atoms with Crippen molar-refractivity contribution in [2.45, 2.75) is 24.7 Å². The van der Waals surface area contributed by atoms with E-state index in [4.69, 9.17) is 5.73 Å². The van der Waals surface area contributed by atoms with E-state index in [1.807, 2.05) is 19.1 Å². The van der Waals surface area contributed by atoms with Crippen LogP contribution in [0.2, 0.25) is 0 Å². The van der Waals surface area contributed by atoms with Crippen molar-refractivity contribution in [1.82, 2.24) is 4.31 Å². The second-order valence-electron chi connectivity index (χ2n) is 4.75. The summed E-state index contributed by atoms with van der Waals surface area (Å²) in [6.07, 6.45) is 1.71. The quantitative estimate of drug-likeness (QED) is 0.893. The van der Waals surface area contributed by atoms with Gasteiger partial charge >= 0.3 is 0 Å². The van der Waals surface area contributed by atoms with Crippen LogP contribution in [0, 0.1) is 5.92 Å². The van der Waals surface area contributed by atoms with Gasteiger partial charge in [0.1, 0.15) is 0 Å². The van der Waals surface area contributed by atoms with Gasteiger partial charge in [0, 0.05) is 13.1 Å². The Kier molecular flexibility index (Phi) is 4.04. The molecule has 1 aromatic carbocycles. The van der Waals surface area contributed by atoms with E-state index < -0.39 is 10.0 Å². The Balaban J connectivity index is 2.25. The Morgan fingerprint density at radius 1 is 1.44 bits per heavy atom. The van der Waals surface area contributed by atoms with Crippen molar-refractivity contribution < 1.29 is 8.42 Å². The zero-order valence-corrected chi connectivity index (χ0v) is 11.5. The molecule has 1 saturated heterocycles. The van der Waals surface area contributed by atoms with Gasteiger partial charge in [-0.25, -0.2) is 8.42 Å². The highest BCUT2D eigenvalue weighted by Crippen LogP contribution is 2.24. The lowest BCUT2D eigenvalue weighted by molar-refractivity contribution is 0.459. The molecule has 0 saturated carbocycles. The van der Waals surface area contributed by atoms with E-state index >= 15 is 0 Å². The molecule has 1 atom stereocenters. The molecule has 0 aliphatic carbocycles. The summed E-state index contributed by atoms with van der Waals surface area (Å²) < 4.78 is 26.5. The van der Waals surface area contributed by atoms with Crippen molar-refractivity contribution in [2.75, 3.05) is 19.6 Å². The minimum atomic E-state index is -3.34. The lowest BCUT2D eigenvalue weighted by atomic mass is 10.1. The molecule has 0 radical (unpaired) electrons. The van der Waals surface area contributed by atoms with Gasteiger partial charge in [-0.15, -0.1) is 0 Å². The lowest BCUT2D eigenvalue weighted by Gasteiger charge is -2.16. The molecule has 1 heterocycles. The van der Waals surface area contributed by atoms with E-state index in [1.165, 1.54) is 0 Å². The van der Waals surface area contributed by atoms with Crippen LogP contribution in [-0.4, -0.2) is 32.4 Å². The normalized spacial score (nSPS) is 21.3. The second kappa shape index (κ2) is 5.38. The van der Waals surface area contributed by atoms with Gasteiger partial charge in [-0.3, -0.25) is 0 Å². The fraction of sp³-hybridized carbons (Fsp3) is 0.538. The van der Waals surface area contributed by atoms with Crippen molar-refractivity contribution in [3.8, 4) is 0 Å². The number of rotatable bonds is 4. The fourth-order valence-corrected chi connectivity index (χ4v) is 3.88. The maximum atomic E-state index is 12.4. The summed E-state index contributed by atoms with van der Waals surface area (Å²) >= 11 is 0. The van der Waals surface area contributed by atoms with Crippen LogP contribution in [0.1, 0.15) is 18.9 Å². The number of hydrogen-bond donors (Lipinski definition) is 1. The predicted octanol–water partition coefficient (Wildman–Crippen LogP) is 1.22. The number of nitrogens with two attached hydrogens (primary N) is 1. The van der Waals surface area contributed by atoms with Crippen LogP contribution in [0.15, 0.2) is 29.2 Å². The molecule has 100 valence electrons. The van der Waals surface area contributed by atoms with E-state index in [0.29, 0.717) is 30.4 Å². The smallest absolute Gasteiger partial charge is 0.243 e. The Bertz CT molecular complexity index is 513. The Hall–Kier alpha value is -0.910. The molecule has 4 nitrogen and oxygen atoms in total. The Morgan fingerprint density at radius 3 is 2.83 bits per heavy atom. The van der Waals surface area contributed by atoms with E-state index in [1.54, 1.807) is 16.4 Å². The SMILES string of the molecule is CCc1cccc(S(=O)(=O)N2CCC(CN)C2)c1. The van der Waals surface area contributed by atoms with Crippen molar-refractivity contribution >= 4 is 10.0 Å². The fourth-order valence-electron chi connectivity index (χ4n) is 2.28. The zero-order valence-electron chi connectivity index (χ0n) is 10.7. The monoisotopic (exact) mass is 268 g/mol. The van der Waals surface area contributed by atoms with Gasteiger partial charge in [-0.1, -0.05) is 19.1 Å². The Labute approximate surface area is 109 Å². The summed E-state index contributed by atoms with van der Waals surface area (Å²) in [5.41, 5.74) is 6.65. The van der Waals surface area contributed by atoms with Gasteiger partial charge in [0.15, 0.2) is 0 Å². The molecular formula is C13H20N2O2S. The largest absolute Gasteiger partial charge is 0.330 e. The Morgan fingerprint density at radius 2 is 2.22 bits per heavy atom. The summed E-state index contributed by atoms with van der Waals surface area (Å²) in [4.78, 5) is 0.402. The molecule has 1 unspecified atom stereocenters. The van der Waals surface area contributed by atoms with E-state index in [9.17, 15) is 8.42 Å². The van der Waals surface area contributed by atoms with Gasteiger partial charge in [-0.2, -0.15) is 4.31 Å². The number of aryl methyl sites for hydroxylation is 1. The van der Waals surface area contributed by atoms with Crippen molar-refractivity contribution in [1.29, 1.82) is 0 Å². The topological polar surface area (TPSA) is 63.4 Å². The number of benzene rings is 1. The third kappa shape index (κ3) is 2.58. The van der Waals surface area contributed by atoms with Crippen LogP contribution in [0.3, 0.4) is 0 Å². The van der Waals surface area contributed by atoms with E-state index in [-0.39, 0.29) is 0 Å². The lowest BCUT2D eigenvalue weighted by Crippen LogP contribution is -2.30. The zero-order chi connectivity index (χ0) is 13.2. The van der Waals surface area contributed by atoms with Crippen LogP contribution >= 0.6 is 0 Å². The van der Waals surface area contributed by atoms with Crippen molar-refractivity contribution in [2.24, 2.45) is 11.7 Å². The molecule has 2 N–H and O–H groups in total. The molecule has 1 aliphatic rings. The molecule has 0 aromatic heterocycles. The standard InChI is InChI=1S/C13H20N2O2S/c1-2-11-4-3-5-13(8-11)18(16,17)15-7-6-12(9-14)10-15/h3-5,8,12H,2,6-7,9-10,14H2,1H3. The molecule has 0 spiro atoms. The molecule has 2 rings (SSSR count). The minimum Gasteiger partial charge on any atom is -0.330 e. The van der Waals surface area contributed by atoms with Crippen LogP contribution < -0.4 is 5.73 Å². The van der Waals surface area contributed by atoms with Crippen LogP contribution in [0.4, 0.5) is 0 Å². The van der Waals surface area contributed by atoms with Crippen molar-refractivity contribution in [3.05, 3.63) is 29.8 Å². The van der Waals surface area contributed by atoms with E-state index in [2.05, 4.69) is 0 Å². The maximum absolute atomic E-state index is 12.4. The first-order valence-corrected chi connectivity index (χ1v) is 7.81. The number of sulfonamides is 1. The van der Waals surface area contributed by atoms with E-state index in [0.717, 1.165) is 18.4 Å². The third-order valence-corrected chi connectivity index (χ3v) is 5.39. The number of nitrogens with zero attached hydrogens (tertiary/aromatic N) is 1. The van der Waals surface area contributed by atoms with Gasteiger partial charge in [0.05, 0.1) is 4.90 Å². The van der Waals surface area contributed by atoms with Crippen LogP contribution in [-0.2, 0) is 16.4 Å². The molecular weight excluding hydrogens is 248 g/mol. The molecule has 5 heteroatoms. The second-order valence-corrected chi connectivity index (χ2v) is 6.69. The summed E-state index contributed by atoms with van der Waals surface area (Å²) in [7, 11) is -3.34. The van der Waals surface area contributed by atoms with Gasteiger partial charge in [0.2, 0.25) is 10.0 Å². The first-order chi connectivity index (χ1) is 8.57. The summed E-state index contributed by atoms with van der Waals surface area (Å²) in [6, 6.07) is 7.20. The predicted molar refractivity (Wildman–Crippen MR) is 71.7 cm³/mol. The molecule has 18 heavy (non-hydrogen) atoms. The molecule has 0 amide bonds. The van der Waals surface area contributed by atoms with Crippen LogP contribution in [0.5, 0.6) is 0 Å². The van der Waals surface area contributed by atoms with Crippen molar-refractivity contribution in [3.63, 3.8) is 0 Å². The first-order valence-electron chi connectivity index (χ1n) is 6.37.